The molecule has 0 unspecified atom stereocenters. The highest BCUT2D eigenvalue weighted by Gasteiger charge is 2.49. The van der Waals surface area contributed by atoms with Crippen LogP contribution in [0.4, 0.5) is 14.9 Å². The normalized spacial score (nSPS) is 22.8. The smallest absolute Gasteiger partial charge is 0.321 e. The molecule has 3 aromatic rings. The summed E-state index contributed by atoms with van der Waals surface area (Å²) in [7, 11) is 0. The monoisotopic (exact) mass is 460 g/mol. The molecule has 3 heterocycles. The van der Waals surface area contributed by atoms with Gasteiger partial charge in [0, 0.05) is 43.5 Å². The van der Waals surface area contributed by atoms with E-state index in [0.29, 0.717) is 13.1 Å². The molecule has 2 N–H and O–H groups in total. The number of nitrogens with one attached hydrogen (secondary N) is 1. The number of carbonyl (C=O) groups excluding carboxylic acids is 1. The SMILES string of the molecule is O=C(Nc1ccccc1F)N1CCCCN2[C@H](CO)[C@H](c3ccc(-c4cccnc4)cc3)[C@@H]2C1. The Morgan fingerprint density at radius 3 is 2.56 bits per heavy atom. The fraction of sp³-hybridized carbons (Fsp3) is 0.333. The Bertz CT molecular complexity index is 1120. The topological polar surface area (TPSA) is 68.7 Å². The van der Waals surface area contributed by atoms with Crippen molar-refractivity contribution in [1.29, 1.82) is 0 Å². The molecule has 0 aliphatic carbocycles. The molecular weight excluding hydrogens is 431 g/mol. The minimum atomic E-state index is -0.444. The minimum absolute atomic E-state index is 0.0313. The number of carbonyl (C=O) groups is 1. The number of rotatable bonds is 4. The Balaban J connectivity index is 1.35. The summed E-state index contributed by atoms with van der Waals surface area (Å²) in [5.41, 5.74) is 3.50. The summed E-state index contributed by atoms with van der Waals surface area (Å²) < 4.78 is 14.1. The molecule has 2 saturated heterocycles. The molecular formula is C27H29FN4O2. The Labute approximate surface area is 199 Å². The lowest BCUT2D eigenvalue weighted by molar-refractivity contribution is -0.0585. The van der Waals surface area contributed by atoms with Crippen molar-refractivity contribution in [2.45, 2.75) is 30.8 Å². The lowest BCUT2D eigenvalue weighted by Gasteiger charge is -2.57. The molecule has 6 nitrogen and oxygen atoms in total. The number of hydrogen-bond donors (Lipinski definition) is 2. The Morgan fingerprint density at radius 2 is 1.82 bits per heavy atom. The van der Waals surface area contributed by atoms with Crippen molar-refractivity contribution < 1.29 is 14.3 Å². The highest BCUT2D eigenvalue weighted by Crippen LogP contribution is 2.42. The molecule has 2 aromatic carbocycles. The number of hydrogen-bond acceptors (Lipinski definition) is 4. The van der Waals surface area contributed by atoms with E-state index in [2.05, 4.69) is 39.5 Å². The van der Waals surface area contributed by atoms with Gasteiger partial charge in [0.2, 0.25) is 0 Å². The average molecular weight is 461 g/mol. The number of nitrogens with zero attached hydrogens (tertiary/aromatic N) is 3. The predicted octanol–water partition coefficient (Wildman–Crippen LogP) is 4.34. The fourth-order valence-corrected chi connectivity index (χ4v) is 5.31. The maximum absolute atomic E-state index is 14.1. The molecule has 2 amide bonds. The molecule has 7 heteroatoms. The van der Waals surface area contributed by atoms with E-state index in [-0.39, 0.29) is 36.3 Å². The second kappa shape index (κ2) is 9.91. The molecule has 34 heavy (non-hydrogen) atoms. The molecule has 0 spiro atoms. The molecule has 5 rings (SSSR count). The first-order chi connectivity index (χ1) is 16.7. The van der Waals surface area contributed by atoms with E-state index >= 15 is 0 Å². The molecule has 0 radical (unpaired) electrons. The van der Waals surface area contributed by atoms with Crippen LogP contribution in [0, 0.1) is 5.82 Å². The van der Waals surface area contributed by atoms with Crippen LogP contribution in [0.15, 0.2) is 73.1 Å². The fourth-order valence-electron chi connectivity index (χ4n) is 5.31. The van der Waals surface area contributed by atoms with Crippen LogP contribution in [0.5, 0.6) is 0 Å². The van der Waals surface area contributed by atoms with E-state index in [4.69, 9.17) is 0 Å². The number of aromatic nitrogens is 1. The molecule has 2 aliphatic heterocycles. The van der Waals surface area contributed by atoms with E-state index in [1.165, 1.54) is 6.07 Å². The van der Waals surface area contributed by atoms with Gasteiger partial charge in [-0.25, -0.2) is 9.18 Å². The van der Waals surface area contributed by atoms with Gasteiger partial charge >= 0.3 is 6.03 Å². The number of benzene rings is 2. The Morgan fingerprint density at radius 1 is 1.03 bits per heavy atom. The minimum Gasteiger partial charge on any atom is -0.395 e. The number of fused-ring (bicyclic) bond motifs is 1. The molecule has 0 bridgehead atoms. The van der Waals surface area contributed by atoms with Gasteiger partial charge in [-0.2, -0.15) is 0 Å². The molecule has 176 valence electrons. The van der Waals surface area contributed by atoms with Gasteiger partial charge in [-0.3, -0.25) is 9.88 Å². The number of urea groups is 1. The Kier molecular flexibility index (Phi) is 6.56. The van der Waals surface area contributed by atoms with Crippen LogP contribution in [-0.2, 0) is 0 Å². The first-order valence-corrected chi connectivity index (χ1v) is 11.8. The van der Waals surface area contributed by atoms with E-state index in [1.54, 1.807) is 29.3 Å². The van der Waals surface area contributed by atoms with Gasteiger partial charge < -0.3 is 15.3 Å². The van der Waals surface area contributed by atoms with Crippen molar-refractivity contribution in [3.8, 4) is 11.1 Å². The number of para-hydroxylation sites is 1. The van der Waals surface area contributed by atoms with Crippen LogP contribution in [-0.4, -0.2) is 64.2 Å². The van der Waals surface area contributed by atoms with Gasteiger partial charge in [-0.05, 0) is 54.3 Å². The zero-order valence-corrected chi connectivity index (χ0v) is 19.0. The van der Waals surface area contributed by atoms with E-state index in [0.717, 1.165) is 36.1 Å². The molecule has 0 saturated carbocycles. The van der Waals surface area contributed by atoms with Crippen molar-refractivity contribution in [1.82, 2.24) is 14.8 Å². The highest BCUT2D eigenvalue weighted by molar-refractivity contribution is 5.89. The van der Waals surface area contributed by atoms with Crippen molar-refractivity contribution in [2.24, 2.45) is 0 Å². The lowest BCUT2D eigenvalue weighted by Crippen LogP contribution is -2.68. The number of aliphatic hydroxyl groups excluding tert-OH is 1. The van der Waals surface area contributed by atoms with E-state index in [1.807, 2.05) is 18.3 Å². The maximum Gasteiger partial charge on any atom is 0.321 e. The Hall–Kier alpha value is -3.29. The zero-order valence-electron chi connectivity index (χ0n) is 19.0. The second-order valence-corrected chi connectivity index (χ2v) is 9.01. The molecule has 3 atom stereocenters. The van der Waals surface area contributed by atoms with Crippen LogP contribution in [0.2, 0.25) is 0 Å². The largest absolute Gasteiger partial charge is 0.395 e. The number of pyridine rings is 1. The van der Waals surface area contributed by atoms with Crippen molar-refractivity contribution in [3.63, 3.8) is 0 Å². The van der Waals surface area contributed by atoms with E-state index < -0.39 is 5.82 Å². The summed E-state index contributed by atoms with van der Waals surface area (Å²) >= 11 is 0. The van der Waals surface area contributed by atoms with Gasteiger partial charge in [0.05, 0.1) is 12.3 Å². The first-order valence-electron chi connectivity index (χ1n) is 11.8. The predicted molar refractivity (Wildman–Crippen MR) is 130 cm³/mol. The third-order valence-corrected chi connectivity index (χ3v) is 7.06. The number of halogens is 1. The van der Waals surface area contributed by atoms with Crippen LogP contribution >= 0.6 is 0 Å². The summed E-state index contributed by atoms with van der Waals surface area (Å²) in [6.45, 7) is 2.14. The van der Waals surface area contributed by atoms with Crippen molar-refractivity contribution in [3.05, 3.63) is 84.4 Å². The summed E-state index contributed by atoms with van der Waals surface area (Å²) in [5, 5.41) is 12.9. The summed E-state index contributed by atoms with van der Waals surface area (Å²) in [4.78, 5) is 21.3. The summed E-state index contributed by atoms with van der Waals surface area (Å²) in [6, 6.07) is 18.4. The van der Waals surface area contributed by atoms with Crippen molar-refractivity contribution in [2.75, 3.05) is 31.6 Å². The van der Waals surface area contributed by atoms with Gasteiger partial charge in [0.15, 0.2) is 0 Å². The van der Waals surface area contributed by atoms with Crippen LogP contribution < -0.4 is 5.32 Å². The van der Waals surface area contributed by atoms with Crippen LogP contribution in [0.1, 0.15) is 24.3 Å². The molecule has 1 aromatic heterocycles. The van der Waals surface area contributed by atoms with Gasteiger partial charge in [-0.1, -0.05) is 42.5 Å². The van der Waals surface area contributed by atoms with Gasteiger partial charge in [-0.15, -0.1) is 0 Å². The van der Waals surface area contributed by atoms with Crippen LogP contribution in [0.25, 0.3) is 11.1 Å². The third kappa shape index (κ3) is 4.41. The second-order valence-electron chi connectivity index (χ2n) is 9.01. The zero-order chi connectivity index (χ0) is 23.5. The first kappa shape index (κ1) is 22.5. The number of amides is 2. The highest BCUT2D eigenvalue weighted by atomic mass is 19.1. The van der Waals surface area contributed by atoms with Gasteiger partial charge in [0.1, 0.15) is 5.82 Å². The average Bonchev–Trinajstić information content (AvgIpc) is 2.85. The quantitative estimate of drug-likeness (QED) is 0.608. The lowest BCUT2D eigenvalue weighted by atomic mass is 9.74. The van der Waals surface area contributed by atoms with Crippen LogP contribution in [0.3, 0.4) is 0 Å². The number of aliphatic hydroxyl groups is 1. The van der Waals surface area contributed by atoms with E-state index in [9.17, 15) is 14.3 Å². The maximum atomic E-state index is 14.1. The summed E-state index contributed by atoms with van der Waals surface area (Å²) in [5.74, 6) is -0.324. The summed E-state index contributed by atoms with van der Waals surface area (Å²) in [6.07, 6.45) is 5.42. The molecule has 2 aliphatic rings. The third-order valence-electron chi connectivity index (χ3n) is 7.06. The van der Waals surface area contributed by atoms with Crippen molar-refractivity contribution >= 4 is 11.7 Å². The molecule has 2 fully saturated rings. The standard InChI is InChI=1S/C27H29FN4O2/c28-22-7-1-2-8-23(22)30-27(34)31-14-3-4-15-32-24(17-31)26(25(32)18-33)20-11-9-19(10-12-20)21-6-5-13-29-16-21/h1-2,5-13,16,24-26,33H,3-4,14-15,17-18H2,(H,30,34)/t24-,25+,26+/m0/s1. The number of anilines is 1. The van der Waals surface area contributed by atoms with Gasteiger partial charge in [0.25, 0.3) is 0 Å².